The van der Waals surface area contributed by atoms with E-state index in [0.29, 0.717) is 17.1 Å². The second kappa shape index (κ2) is 5.90. The highest BCUT2D eigenvalue weighted by Crippen LogP contribution is 2.24. The van der Waals surface area contributed by atoms with E-state index in [-0.39, 0.29) is 11.3 Å². The van der Waals surface area contributed by atoms with E-state index in [1.54, 1.807) is 18.0 Å². The van der Waals surface area contributed by atoms with Gasteiger partial charge in [-0.2, -0.15) is 0 Å². The molecule has 2 rings (SSSR count). The molecule has 21 heavy (non-hydrogen) atoms. The Morgan fingerprint density at radius 2 is 1.81 bits per heavy atom. The molecule has 0 atom stereocenters. The fraction of sp³-hybridized carbons (Fsp3) is 0.353. The van der Waals surface area contributed by atoms with Gasteiger partial charge < -0.3 is 10.6 Å². The summed E-state index contributed by atoms with van der Waals surface area (Å²) in [5.74, 6) is -0.0256. The summed E-state index contributed by atoms with van der Waals surface area (Å²) < 4.78 is 0. The molecule has 0 fully saturated rings. The number of nitrogens with zero attached hydrogens (tertiary/aromatic N) is 1. The van der Waals surface area contributed by atoms with Gasteiger partial charge in [-0.1, -0.05) is 45.0 Å². The van der Waals surface area contributed by atoms with Crippen LogP contribution in [0.15, 0.2) is 35.7 Å². The Balaban J connectivity index is 2.08. The Hall–Kier alpha value is -1.81. The normalized spacial score (nSPS) is 11.4. The Bertz CT molecular complexity index is 623. The predicted molar refractivity (Wildman–Crippen MR) is 89.7 cm³/mol. The fourth-order valence-corrected chi connectivity index (χ4v) is 2.93. The van der Waals surface area contributed by atoms with E-state index in [9.17, 15) is 4.79 Å². The van der Waals surface area contributed by atoms with Crippen molar-refractivity contribution in [1.29, 1.82) is 0 Å². The van der Waals surface area contributed by atoms with Gasteiger partial charge in [0.1, 0.15) is 4.88 Å². The molecule has 1 heterocycles. The van der Waals surface area contributed by atoms with E-state index < -0.39 is 0 Å². The molecule has 0 bridgehead atoms. The molecular formula is C17H22N2OS. The summed E-state index contributed by atoms with van der Waals surface area (Å²) in [5.41, 5.74) is 8.92. The smallest absolute Gasteiger partial charge is 0.266 e. The van der Waals surface area contributed by atoms with Gasteiger partial charge in [0.15, 0.2) is 0 Å². The van der Waals surface area contributed by atoms with Gasteiger partial charge in [0.05, 0.1) is 5.69 Å². The SMILES string of the molecule is CN(Cc1ccc(C(C)(C)C)cc1)C(=O)c1sccc1N. The molecule has 2 aromatic rings. The average molecular weight is 302 g/mol. The van der Waals surface area contributed by atoms with Gasteiger partial charge in [-0.25, -0.2) is 0 Å². The molecule has 0 aliphatic rings. The van der Waals surface area contributed by atoms with E-state index >= 15 is 0 Å². The molecule has 0 unspecified atom stereocenters. The zero-order chi connectivity index (χ0) is 15.6. The molecule has 0 radical (unpaired) electrons. The third-order valence-corrected chi connectivity index (χ3v) is 4.39. The number of anilines is 1. The maximum atomic E-state index is 12.3. The van der Waals surface area contributed by atoms with Crippen LogP contribution in [-0.2, 0) is 12.0 Å². The lowest BCUT2D eigenvalue weighted by Crippen LogP contribution is -2.26. The van der Waals surface area contributed by atoms with E-state index in [0.717, 1.165) is 5.56 Å². The van der Waals surface area contributed by atoms with Crippen molar-refractivity contribution in [3.8, 4) is 0 Å². The maximum Gasteiger partial charge on any atom is 0.266 e. The lowest BCUT2D eigenvalue weighted by molar-refractivity contribution is 0.0791. The summed E-state index contributed by atoms with van der Waals surface area (Å²) in [6, 6.07) is 10.2. The third-order valence-electron chi connectivity index (χ3n) is 3.48. The molecule has 0 aliphatic heterocycles. The first-order chi connectivity index (χ1) is 9.79. The van der Waals surface area contributed by atoms with Crippen molar-refractivity contribution in [3.05, 3.63) is 51.7 Å². The van der Waals surface area contributed by atoms with Crippen LogP contribution in [0.5, 0.6) is 0 Å². The van der Waals surface area contributed by atoms with E-state index in [1.165, 1.54) is 16.9 Å². The van der Waals surface area contributed by atoms with Gasteiger partial charge in [0, 0.05) is 13.6 Å². The van der Waals surface area contributed by atoms with Crippen LogP contribution >= 0.6 is 11.3 Å². The Labute approximate surface area is 130 Å². The van der Waals surface area contributed by atoms with Crippen LogP contribution in [0.4, 0.5) is 5.69 Å². The van der Waals surface area contributed by atoms with Crippen LogP contribution in [0.25, 0.3) is 0 Å². The van der Waals surface area contributed by atoms with Crippen LogP contribution in [0.1, 0.15) is 41.6 Å². The molecule has 1 aromatic heterocycles. The second-order valence-corrected chi connectivity index (χ2v) is 7.23. The Kier molecular flexibility index (Phi) is 4.37. The molecule has 1 amide bonds. The number of nitrogens with two attached hydrogens (primary N) is 1. The lowest BCUT2D eigenvalue weighted by atomic mass is 9.87. The monoisotopic (exact) mass is 302 g/mol. The fourth-order valence-electron chi connectivity index (χ4n) is 2.12. The number of hydrogen-bond acceptors (Lipinski definition) is 3. The van der Waals surface area contributed by atoms with Crippen LogP contribution < -0.4 is 5.73 Å². The van der Waals surface area contributed by atoms with Crippen LogP contribution in [0.2, 0.25) is 0 Å². The molecule has 2 N–H and O–H groups in total. The van der Waals surface area contributed by atoms with Crippen molar-refractivity contribution in [3.63, 3.8) is 0 Å². The van der Waals surface area contributed by atoms with Gasteiger partial charge in [-0.15, -0.1) is 11.3 Å². The van der Waals surface area contributed by atoms with Crippen molar-refractivity contribution in [1.82, 2.24) is 4.90 Å². The zero-order valence-electron chi connectivity index (χ0n) is 13.0. The van der Waals surface area contributed by atoms with Crippen molar-refractivity contribution >= 4 is 22.9 Å². The molecule has 0 spiro atoms. The summed E-state index contributed by atoms with van der Waals surface area (Å²) in [6.45, 7) is 7.16. The topological polar surface area (TPSA) is 46.3 Å². The van der Waals surface area contributed by atoms with Crippen molar-refractivity contribution in [2.45, 2.75) is 32.7 Å². The third kappa shape index (κ3) is 3.64. The van der Waals surface area contributed by atoms with Gasteiger partial charge in [0.25, 0.3) is 5.91 Å². The molecule has 3 nitrogen and oxygen atoms in total. The molecule has 4 heteroatoms. The number of hydrogen-bond donors (Lipinski definition) is 1. The highest BCUT2D eigenvalue weighted by Gasteiger charge is 2.17. The Morgan fingerprint density at radius 3 is 2.29 bits per heavy atom. The van der Waals surface area contributed by atoms with Gasteiger partial charge in [-0.05, 0) is 28.0 Å². The summed E-state index contributed by atoms with van der Waals surface area (Å²) >= 11 is 1.39. The minimum Gasteiger partial charge on any atom is -0.397 e. The van der Waals surface area contributed by atoms with Crippen LogP contribution in [0, 0.1) is 0 Å². The number of carbonyl (C=O) groups excluding carboxylic acids is 1. The van der Waals surface area contributed by atoms with E-state index in [4.69, 9.17) is 5.73 Å². The highest BCUT2D eigenvalue weighted by molar-refractivity contribution is 7.12. The van der Waals surface area contributed by atoms with Gasteiger partial charge >= 0.3 is 0 Å². The summed E-state index contributed by atoms with van der Waals surface area (Å²) in [4.78, 5) is 14.6. The predicted octanol–water partition coefficient (Wildman–Crippen LogP) is 3.90. The van der Waals surface area contributed by atoms with Crippen LogP contribution in [0.3, 0.4) is 0 Å². The van der Waals surface area contributed by atoms with Crippen molar-refractivity contribution < 1.29 is 4.79 Å². The summed E-state index contributed by atoms with van der Waals surface area (Å²) in [5, 5.41) is 1.84. The first-order valence-corrected chi connectivity index (χ1v) is 7.85. The quantitative estimate of drug-likeness (QED) is 0.934. The summed E-state index contributed by atoms with van der Waals surface area (Å²) in [7, 11) is 1.80. The van der Waals surface area contributed by atoms with Gasteiger partial charge in [0.2, 0.25) is 0 Å². The van der Waals surface area contributed by atoms with Crippen molar-refractivity contribution in [2.24, 2.45) is 0 Å². The van der Waals surface area contributed by atoms with E-state index in [1.807, 2.05) is 5.38 Å². The number of benzene rings is 1. The number of nitrogen functional groups attached to an aromatic ring is 1. The number of thiophene rings is 1. The molecule has 0 aliphatic carbocycles. The molecular weight excluding hydrogens is 280 g/mol. The van der Waals surface area contributed by atoms with Crippen LogP contribution in [-0.4, -0.2) is 17.9 Å². The average Bonchev–Trinajstić information content (AvgIpc) is 2.83. The minimum absolute atomic E-state index is 0.0256. The number of rotatable bonds is 3. The first-order valence-electron chi connectivity index (χ1n) is 6.97. The Morgan fingerprint density at radius 1 is 1.19 bits per heavy atom. The largest absolute Gasteiger partial charge is 0.397 e. The highest BCUT2D eigenvalue weighted by atomic mass is 32.1. The summed E-state index contributed by atoms with van der Waals surface area (Å²) in [6.07, 6.45) is 0. The van der Waals surface area contributed by atoms with E-state index in [2.05, 4.69) is 45.0 Å². The standard InChI is InChI=1S/C17H22N2OS/c1-17(2,3)13-7-5-12(6-8-13)11-19(4)16(20)15-14(18)9-10-21-15/h5-10H,11,18H2,1-4H3. The molecule has 0 saturated heterocycles. The minimum atomic E-state index is -0.0256. The second-order valence-electron chi connectivity index (χ2n) is 6.31. The maximum absolute atomic E-state index is 12.3. The van der Waals surface area contributed by atoms with Crippen molar-refractivity contribution in [2.75, 3.05) is 12.8 Å². The zero-order valence-corrected chi connectivity index (χ0v) is 13.8. The first kappa shape index (κ1) is 15.6. The molecule has 0 saturated carbocycles. The molecule has 1 aromatic carbocycles. The lowest BCUT2D eigenvalue weighted by Gasteiger charge is -2.20. The molecule has 112 valence electrons. The number of amides is 1. The number of carbonyl (C=O) groups is 1. The van der Waals surface area contributed by atoms with Gasteiger partial charge in [-0.3, -0.25) is 4.79 Å².